The Kier molecular flexibility index (Phi) is 5.91. The SMILES string of the molecule is COC(=O)c1ccccc1Nc1cc(C(=O)Nc2ccc(C)c(Cl)c2)ccn1. The van der Waals surface area contributed by atoms with Gasteiger partial charge in [-0.05, 0) is 48.9 Å². The fraction of sp³-hybridized carbons (Fsp3) is 0.0952. The number of benzene rings is 2. The molecule has 1 heterocycles. The van der Waals surface area contributed by atoms with Crippen LogP contribution in [0.5, 0.6) is 0 Å². The summed E-state index contributed by atoms with van der Waals surface area (Å²) in [6, 6.07) is 15.4. The van der Waals surface area contributed by atoms with Crippen LogP contribution in [-0.4, -0.2) is 24.0 Å². The van der Waals surface area contributed by atoms with Crippen molar-refractivity contribution in [1.82, 2.24) is 4.98 Å². The van der Waals surface area contributed by atoms with Gasteiger partial charge in [-0.25, -0.2) is 9.78 Å². The first-order valence-electron chi connectivity index (χ1n) is 8.46. The first kappa shape index (κ1) is 19.4. The van der Waals surface area contributed by atoms with E-state index in [1.54, 1.807) is 48.5 Å². The summed E-state index contributed by atoms with van der Waals surface area (Å²) in [5.41, 5.74) is 2.84. The Morgan fingerprint density at radius 1 is 1.07 bits per heavy atom. The van der Waals surface area contributed by atoms with E-state index in [-0.39, 0.29) is 5.91 Å². The third-order valence-electron chi connectivity index (χ3n) is 4.05. The molecule has 0 saturated carbocycles. The van der Waals surface area contributed by atoms with Crippen molar-refractivity contribution in [2.45, 2.75) is 6.92 Å². The Labute approximate surface area is 167 Å². The van der Waals surface area contributed by atoms with E-state index in [9.17, 15) is 9.59 Å². The second kappa shape index (κ2) is 8.54. The van der Waals surface area contributed by atoms with Gasteiger partial charge in [0.2, 0.25) is 0 Å². The third kappa shape index (κ3) is 4.47. The molecule has 0 bridgehead atoms. The van der Waals surface area contributed by atoms with Crippen LogP contribution in [-0.2, 0) is 4.74 Å². The number of carbonyl (C=O) groups excluding carboxylic acids is 2. The normalized spacial score (nSPS) is 10.2. The summed E-state index contributed by atoms with van der Waals surface area (Å²) in [4.78, 5) is 28.7. The number of aryl methyl sites for hydroxylation is 1. The Balaban J connectivity index is 1.80. The first-order chi connectivity index (χ1) is 13.5. The molecule has 2 aromatic carbocycles. The van der Waals surface area contributed by atoms with Crippen LogP contribution in [0.1, 0.15) is 26.3 Å². The lowest BCUT2D eigenvalue weighted by Gasteiger charge is -2.11. The van der Waals surface area contributed by atoms with Gasteiger partial charge in [-0.1, -0.05) is 29.8 Å². The van der Waals surface area contributed by atoms with Gasteiger partial charge in [0.1, 0.15) is 5.82 Å². The van der Waals surface area contributed by atoms with Crippen molar-refractivity contribution in [2.24, 2.45) is 0 Å². The van der Waals surface area contributed by atoms with Gasteiger partial charge in [0, 0.05) is 22.5 Å². The second-order valence-corrected chi connectivity index (χ2v) is 6.42. The Morgan fingerprint density at radius 3 is 2.61 bits per heavy atom. The average molecular weight is 396 g/mol. The molecule has 0 atom stereocenters. The Bertz CT molecular complexity index is 1040. The number of methoxy groups -OCH3 is 1. The largest absolute Gasteiger partial charge is 0.465 e. The standard InChI is InChI=1S/C21H18ClN3O3/c1-13-7-8-15(12-17(13)22)24-20(26)14-9-10-23-19(11-14)25-18-6-4-3-5-16(18)21(27)28-2/h3-12H,1-2H3,(H,23,25)(H,24,26). The summed E-state index contributed by atoms with van der Waals surface area (Å²) in [6.07, 6.45) is 1.51. The molecule has 0 fully saturated rings. The van der Waals surface area contributed by atoms with Gasteiger partial charge >= 0.3 is 5.97 Å². The molecule has 0 unspecified atom stereocenters. The zero-order valence-corrected chi connectivity index (χ0v) is 16.1. The van der Waals surface area contributed by atoms with Crippen molar-refractivity contribution < 1.29 is 14.3 Å². The number of halogens is 1. The molecule has 28 heavy (non-hydrogen) atoms. The Morgan fingerprint density at radius 2 is 1.86 bits per heavy atom. The number of aromatic nitrogens is 1. The van der Waals surface area contributed by atoms with Crippen LogP contribution in [0.25, 0.3) is 0 Å². The number of nitrogens with zero attached hydrogens (tertiary/aromatic N) is 1. The molecule has 0 radical (unpaired) electrons. The van der Waals surface area contributed by atoms with Crippen LogP contribution in [0.15, 0.2) is 60.8 Å². The smallest absolute Gasteiger partial charge is 0.339 e. The van der Waals surface area contributed by atoms with Gasteiger partial charge in [-0.3, -0.25) is 4.79 Å². The summed E-state index contributed by atoms with van der Waals surface area (Å²) < 4.78 is 4.79. The van der Waals surface area contributed by atoms with Crippen LogP contribution in [0.2, 0.25) is 5.02 Å². The van der Waals surface area contributed by atoms with Crippen molar-refractivity contribution in [3.63, 3.8) is 0 Å². The second-order valence-electron chi connectivity index (χ2n) is 6.01. The third-order valence-corrected chi connectivity index (χ3v) is 4.45. The minimum Gasteiger partial charge on any atom is -0.465 e. The lowest BCUT2D eigenvalue weighted by Crippen LogP contribution is -2.12. The molecule has 7 heteroatoms. The van der Waals surface area contributed by atoms with Crippen molar-refractivity contribution in [3.8, 4) is 0 Å². The number of anilines is 3. The van der Waals surface area contributed by atoms with E-state index in [2.05, 4.69) is 15.6 Å². The van der Waals surface area contributed by atoms with Gasteiger partial charge < -0.3 is 15.4 Å². The lowest BCUT2D eigenvalue weighted by molar-refractivity contribution is 0.0601. The number of para-hydroxylation sites is 1. The molecule has 1 aromatic heterocycles. The summed E-state index contributed by atoms with van der Waals surface area (Å²) >= 11 is 6.10. The zero-order valence-electron chi connectivity index (χ0n) is 15.3. The fourth-order valence-corrected chi connectivity index (χ4v) is 2.71. The maximum absolute atomic E-state index is 12.6. The van der Waals surface area contributed by atoms with E-state index in [0.29, 0.717) is 33.3 Å². The summed E-state index contributed by atoms with van der Waals surface area (Å²) in [6.45, 7) is 1.89. The van der Waals surface area contributed by atoms with Crippen molar-refractivity contribution in [1.29, 1.82) is 0 Å². The highest BCUT2D eigenvalue weighted by molar-refractivity contribution is 6.31. The fourth-order valence-electron chi connectivity index (χ4n) is 2.53. The van der Waals surface area contributed by atoms with Gasteiger partial charge in [0.05, 0.1) is 18.4 Å². The monoisotopic (exact) mass is 395 g/mol. The van der Waals surface area contributed by atoms with E-state index < -0.39 is 5.97 Å². The van der Waals surface area contributed by atoms with Crippen LogP contribution in [0, 0.1) is 6.92 Å². The molecule has 142 valence electrons. The van der Waals surface area contributed by atoms with Crippen LogP contribution >= 0.6 is 11.6 Å². The van der Waals surface area contributed by atoms with Gasteiger partial charge in [-0.15, -0.1) is 0 Å². The minimum absolute atomic E-state index is 0.299. The van der Waals surface area contributed by atoms with Crippen molar-refractivity contribution >= 4 is 40.7 Å². The summed E-state index contributed by atoms with van der Waals surface area (Å²) in [5, 5.41) is 6.43. The molecule has 0 aliphatic rings. The highest BCUT2D eigenvalue weighted by Gasteiger charge is 2.13. The highest BCUT2D eigenvalue weighted by Crippen LogP contribution is 2.23. The number of esters is 1. The van der Waals surface area contributed by atoms with Gasteiger partial charge in [0.25, 0.3) is 5.91 Å². The van der Waals surface area contributed by atoms with Gasteiger partial charge in [0.15, 0.2) is 0 Å². The number of ether oxygens (including phenoxy) is 1. The highest BCUT2D eigenvalue weighted by atomic mass is 35.5. The quantitative estimate of drug-likeness (QED) is 0.605. The number of rotatable bonds is 5. The maximum atomic E-state index is 12.6. The molecule has 6 nitrogen and oxygen atoms in total. The molecule has 0 saturated heterocycles. The molecule has 3 rings (SSSR count). The number of nitrogens with one attached hydrogen (secondary N) is 2. The van der Waals surface area contributed by atoms with E-state index in [0.717, 1.165) is 5.56 Å². The lowest BCUT2D eigenvalue weighted by atomic mass is 10.1. The summed E-state index contributed by atoms with van der Waals surface area (Å²) in [7, 11) is 1.32. The number of hydrogen-bond donors (Lipinski definition) is 2. The predicted octanol–water partition coefficient (Wildman–Crippen LogP) is 4.83. The van der Waals surface area contributed by atoms with Crippen LogP contribution < -0.4 is 10.6 Å². The number of pyridine rings is 1. The van der Waals surface area contributed by atoms with E-state index in [1.807, 2.05) is 13.0 Å². The molecule has 2 N–H and O–H groups in total. The van der Waals surface area contributed by atoms with E-state index >= 15 is 0 Å². The van der Waals surface area contributed by atoms with Gasteiger partial charge in [-0.2, -0.15) is 0 Å². The first-order valence-corrected chi connectivity index (χ1v) is 8.83. The molecular weight excluding hydrogens is 378 g/mol. The maximum Gasteiger partial charge on any atom is 0.339 e. The Hall–Kier alpha value is -3.38. The minimum atomic E-state index is -0.465. The predicted molar refractivity (Wildman–Crippen MR) is 109 cm³/mol. The molecule has 0 aliphatic carbocycles. The van der Waals surface area contributed by atoms with Crippen molar-refractivity contribution in [3.05, 3.63) is 82.5 Å². The number of hydrogen-bond acceptors (Lipinski definition) is 5. The molecule has 1 amide bonds. The molecule has 0 aliphatic heterocycles. The van der Waals surface area contributed by atoms with Crippen LogP contribution in [0.3, 0.4) is 0 Å². The average Bonchev–Trinajstić information content (AvgIpc) is 2.71. The van der Waals surface area contributed by atoms with Crippen LogP contribution in [0.4, 0.5) is 17.2 Å². The number of carbonyl (C=O) groups is 2. The topological polar surface area (TPSA) is 80.3 Å². The van der Waals surface area contributed by atoms with Crippen molar-refractivity contribution in [2.75, 3.05) is 17.7 Å². The summed E-state index contributed by atoms with van der Waals surface area (Å²) in [5.74, 6) is -0.342. The zero-order chi connectivity index (χ0) is 20.1. The number of amides is 1. The van der Waals surface area contributed by atoms with E-state index in [1.165, 1.54) is 13.3 Å². The molecule has 0 spiro atoms. The van der Waals surface area contributed by atoms with E-state index in [4.69, 9.17) is 16.3 Å². The molecule has 3 aromatic rings. The molecular formula is C21H18ClN3O3.